The zero-order valence-electron chi connectivity index (χ0n) is 21.0. The molecular formula is C29H36N4O2. The third-order valence-corrected chi connectivity index (χ3v) is 6.55. The Morgan fingerprint density at radius 1 is 0.943 bits per heavy atom. The summed E-state index contributed by atoms with van der Waals surface area (Å²) in [5, 5.41) is 2.99. The van der Waals surface area contributed by atoms with E-state index in [1.54, 1.807) is 4.90 Å². The number of hydrogen-bond acceptors (Lipinski definition) is 2. The number of nitrogens with one attached hydrogen (secondary N) is 1. The van der Waals surface area contributed by atoms with E-state index in [-0.39, 0.29) is 24.5 Å². The van der Waals surface area contributed by atoms with Crippen molar-refractivity contribution >= 4 is 17.6 Å². The van der Waals surface area contributed by atoms with Gasteiger partial charge in [0.25, 0.3) is 0 Å². The van der Waals surface area contributed by atoms with Crippen molar-refractivity contribution in [1.29, 1.82) is 0 Å². The molecule has 35 heavy (non-hydrogen) atoms. The molecule has 1 atom stereocenters. The summed E-state index contributed by atoms with van der Waals surface area (Å²) >= 11 is 0. The fourth-order valence-electron chi connectivity index (χ4n) is 4.74. The second-order valence-corrected chi connectivity index (χ2v) is 9.23. The zero-order valence-corrected chi connectivity index (χ0v) is 21.0. The second-order valence-electron chi connectivity index (χ2n) is 9.23. The summed E-state index contributed by atoms with van der Waals surface area (Å²) in [6, 6.07) is 20.0. The average Bonchev–Trinajstić information content (AvgIpc) is 3.35. The van der Waals surface area contributed by atoms with Crippen LogP contribution in [-0.2, 0) is 4.79 Å². The van der Waals surface area contributed by atoms with Gasteiger partial charge in [-0.05, 0) is 49.6 Å². The minimum absolute atomic E-state index is 0.0370. The largest absolute Gasteiger partial charge is 0.338 e. The van der Waals surface area contributed by atoms with Gasteiger partial charge in [0.05, 0.1) is 17.1 Å². The lowest BCUT2D eigenvalue weighted by Crippen LogP contribution is -2.49. The van der Waals surface area contributed by atoms with E-state index in [2.05, 4.69) is 54.9 Å². The molecule has 3 aromatic rings. The molecular weight excluding hydrogens is 436 g/mol. The number of fused-ring (bicyclic) bond motifs is 3. The molecule has 3 amide bonds. The Kier molecular flexibility index (Phi) is 7.91. The van der Waals surface area contributed by atoms with Gasteiger partial charge >= 0.3 is 6.03 Å². The van der Waals surface area contributed by atoms with E-state index in [4.69, 9.17) is 0 Å². The van der Waals surface area contributed by atoms with Crippen LogP contribution < -0.4 is 10.2 Å². The Labute approximate surface area is 208 Å². The first kappa shape index (κ1) is 24.6. The number of carbonyl (C=O) groups is 2. The van der Waals surface area contributed by atoms with Crippen molar-refractivity contribution in [3.05, 3.63) is 83.7 Å². The Bertz CT molecular complexity index is 1170. The third-order valence-electron chi connectivity index (χ3n) is 6.55. The van der Waals surface area contributed by atoms with Crippen molar-refractivity contribution in [3.63, 3.8) is 0 Å². The number of aryl methyl sites for hydroxylation is 1. The molecule has 0 saturated heterocycles. The molecule has 1 unspecified atom stereocenters. The minimum atomic E-state index is -0.275. The van der Waals surface area contributed by atoms with Crippen LogP contribution in [0.3, 0.4) is 0 Å². The molecule has 0 bridgehead atoms. The molecule has 184 valence electrons. The van der Waals surface area contributed by atoms with Gasteiger partial charge in [0, 0.05) is 19.3 Å². The Hall–Kier alpha value is -3.54. The molecule has 1 N–H and O–H groups in total. The maximum absolute atomic E-state index is 14.1. The average molecular weight is 473 g/mol. The standard InChI is InChI=1S/C29H36N4O2/c1-4-6-17-30-29(35)31(18-7-5-2)21-27(34)33-25-15-9-8-14-24(25)32-19-11-16-26(32)28(33)23-13-10-12-22(3)20-23/h8-16,19-20,28H,4-7,17-18,21H2,1-3H3,(H,30,35). The van der Waals surface area contributed by atoms with Crippen molar-refractivity contribution < 1.29 is 9.59 Å². The van der Waals surface area contributed by atoms with E-state index in [1.807, 2.05) is 47.5 Å². The van der Waals surface area contributed by atoms with Crippen molar-refractivity contribution in [2.45, 2.75) is 52.5 Å². The van der Waals surface area contributed by atoms with Gasteiger partial charge in [0.15, 0.2) is 0 Å². The molecule has 2 aromatic carbocycles. The van der Waals surface area contributed by atoms with Gasteiger partial charge in [0.1, 0.15) is 12.6 Å². The van der Waals surface area contributed by atoms with Gasteiger partial charge in [-0.3, -0.25) is 9.69 Å². The van der Waals surface area contributed by atoms with Crippen LogP contribution in [0.15, 0.2) is 66.9 Å². The highest BCUT2D eigenvalue weighted by Gasteiger charge is 2.36. The third kappa shape index (κ3) is 5.26. The molecule has 0 saturated carbocycles. The van der Waals surface area contributed by atoms with Crippen LogP contribution >= 0.6 is 0 Å². The Morgan fingerprint density at radius 2 is 1.71 bits per heavy atom. The number of hydrogen-bond donors (Lipinski definition) is 1. The number of urea groups is 1. The maximum atomic E-state index is 14.1. The summed E-state index contributed by atoms with van der Waals surface area (Å²) in [6.45, 7) is 7.48. The number of para-hydroxylation sites is 2. The molecule has 1 aromatic heterocycles. The van der Waals surface area contributed by atoms with E-state index in [0.717, 1.165) is 53.9 Å². The first-order valence-electron chi connectivity index (χ1n) is 12.7. The van der Waals surface area contributed by atoms with Crippen LogP contribution in [0.4, 0.5) is 10.5 Å². The highest BCUT2D eigenvalue weighted by Crippen LogP contribution is 2.42. The molecule has 0 aliphatic carbocycles. The first-order chi connectivity index (χ1) is 17.0. The molecule has 0 spiro atoms. The van der Waals surface area contributed by atoms with Gasteiger partial charge in [0.2, 0.25) is 5.91 Å². The molecule has 2 heterocycles. The highest BCUT2D eigenvalue weighted by atomic mass is 16.2. The van der Waals surface area contributed by atoms with Crippen LogP contribution in [0.5, 0.6) is 0 Å². The lowest BCUT2D eigenvalue weighted by atomic mass is 9.96. The molecule has 6 heteroatoms. The van der Waals surface area contributed by atoms with Crippen molar-refractivity contribution in [2.24, 2.45) is 0 Å². The maximum Gasteiger partial charge on any atom is 0.317 e. The van der Waals surface area contributed by atoms with E-state index in [9.17, 15) is 9.59 Å². The molecule has 1 aliphatic heterocycles. The number of amides is 3. The smallest absolute Gasteiger partial charge is 0.317 e. The Morgan fingerprint density at radius 3 is 2.46 bits per heavy atom. The van der Waals surface area contributed by atoms with E-state index < -0.39 is 0 Å². The van der Waals surface area contributed by atoms with Gasteiger partial charge in [-0.15, -0.1) is 0 Å². The molecule has 1 aliphatic rings. The summed E-state index contributed by atoms with van der Waals surface area (Å²) < 4.78 is 2.17. The Balaban J connectivity index is 1.71. The number of benzene rings is 2. The number of rotatable bonds is 9. The van der Waals surface area contributed by atoms with Gasteiger partial charge < -0.3 is 14.8 Å². The van der Waals surface area contributed by atoms with Crippen molar-refractivity contribution in [2.75, 3.05) is 24.5 Å². The van der Waals surface area contributed by atoms with Crippen molar-refractivity contribution in [3.8, 4) is 5.69 Å². The van der Waals surface area contributed by atoms with Gasteiger partial charge in [-0.25, -0.2) is 4.79 Å². The summed E-state index contributed by atoms with van der Waals surface area (Å²) in [4.78, 5) is 30.6. The van der Waals surface area contributed by atoms with Crippen LogP contribution in [0.2, 0.25) is 0 Å². The molecule has 0 fully saturated rings. The highest BCUT2D eigenvalue weighted by molar-refractivity contribution is 6.00. The van der Waals surface area contributed by atoms with Crippen molar-refractivity contribution in [1.82, 2.24) is 14.8 Å². The quantitative estimate of drug-likeness (QED) is 0.398. The lowest BCUT2D eigenvalue weighted by molar-refractivity contribution is -0.119. The molecule has 6 nitrogen and oxygen atoms in total. The predicted molar refractivity (Wildman–Crippen MR) is 141 cm³/mol. The van der Waals surface area contributed by atoms with E-state index >= 15 is 0 Å². The topological polar surface area (TPSA) is 57.6 Å². The molecule has 0 radical (unpaired) electrons. The monoisotopic (exact) mass is 472 g/mol. The van der Waals surface area contributed by atoms with Crippen LogP contribution in [-0.4, -0.2) is 41.0 Å². The summed E-state index contributed by atoms with van der Waals surface area (Å²) in [5.74, 6) is -0.0850. The number of carbonyl (C=O) groups excluding carboxylic acids is 2. The van der Waals surface area contributed by atoms with Crippen LogP contribution in [0.1, 0.15) is 62.4 Å². The fourth-order valence-corrected chi connectivity index (χ4v) is 4.74. The SMILES string of the molecule is CCCCNC(=O)N(CCCC)CC(=O)N1c2ccccc2-n2cccc2C1c1cccc(C)c1. The van der Waals surface area contributed by atoms with Gasteiger partial charge in [-0.1, -0.05) is 68.7 Å². The number of unbranched alkanes of at least 4 members (excludes halogenated alkanes) is 2. The van der Waals surface area contributed by atoms with Gasteiger partial charge in [-0.2, -0.15) is 0 Å². The number of aromatic nitrogens is 1. The van der Waals surface area contributed by atoms with E-state index in [0.29, 0.717) is 13.1 Å². The normalized spacial score (nSPS) is 14.3. The fraction of sp³-hybridized carbons (Fsp3) is 0.379. The summed E-state index contributed by atoms with van der Waals surface area (Å²) in [6.07, 6.45) is 5.80. The van der Waals surface area contributed by atoms with E-state index in [1.165, 1.54) is 0 Å². The zero-order chi connectivity index (χ0) is 24.8. The minimum Gasteiger partial charge on any atom is -0.338 e. The van der Waals surface area contributed by atoms with Crippen LogP contribution in [0, 0.1) is 6.92 Å². The number of anilines is 1. The lowest BCUT2D eigenvalue weighted by Gasteiger charge is -2.39. The first-order valence-corrected chi connectivity index (χ1v) is 12.7. The summed E-state index contributed by atoms with van der Waals surface area (Å²) in [5.41, 5.74) is 5.06. The van der Waals surface area contributed by atoms with Crippen LogP contribution in [0.25, 0.3) is 5.69 Å². The summed E-state index contributed by atoms with van der Waals surface area (Å²) in [7, 11) is 0. The molecule has 4 rings (SSSR count). The second kappa shape index (κ2) is 11.3. The number of nitrogens with zero attached hydrogens (tertiary/aromatic N) is 3. The predicted octanol–water partition coefficient (Wildman–Crippen LogP) is 5.83.